The number of hydrogen-bond donors (Lipinski definition) is 0. The van der Waals surface area contributed by atoms with E-state index in [-0.39, 0.29) is 0 Å². The van der Waals surface area contributed by atoms with E-state index in [1.54, 1.807) is 6.20 Å². The molecule has 0 N–H and O–H groups in total. The van der Waals surface area contributed by atoms with E-state index in [2.05, 4.69) is 334 Å². The highest BCUT2D eigenvalue weighted by atomic mass is 16.3. The van der Waals surface area contributed by atoms with Gasteiger partial charge in [0.15, 0.2) is 24.8 Å². The second kappa shape index (κ2) is 29.7. The van der Waals surface area contributed by atoms with E-state index in [1.807, 2.05) is 60.1 Å². The topological polar surface area (TPSA) is 68.1 Å². The summed E-state index contributed by atoms with van der Waals surface area (Å²) in [7, 11) is 8.22. The van der Waals surface area contributed by atoms with Crippen LogP contribution in [0.25, 0.3) is 187 Å². The number of pyridine rings is 4. The highest BCUT2D eigenvalue weighted by molar-refractivity contribution is 6.19. The SMILES string of the molecule is Cc1c(-c2cc(C(C)C)cc[n+]2C)ccc2c1oc1c3ccccc3ccc21.Cc1c(-c2cc(CC(C)C)cc[n+]2C)ccc2c1oc1c3ccccc3ccc21.Cc1cc[n+](C)c(-c2ccc3c(oc4c5ccccc5ccc34)c2C)c1.[2H]C([2H])([2H])c1c[n+](C)c(-c2cc3c(cc2C)oc2c4ccccc4ccc32)cc1-c1ccccc1. The molecule has 0 saturated carbocycles. The lowest BCUT2D eigenvalue weighted by Gasteiger charge is -2.10. The maximum absolute atomic E-state index is 8.13. The van der Waals surface area contributed by atoms with Crippen LogP contribution in [0.1, 0.15) is 82.2 Å². The summed E-state index contributed by atoms with van der Waals surface area (Å²) >= 11 is 0. The molecule has 0 unspecified atom stereocenters. The first kappa shape index (κ1) is 69.6. The third-order valence-electron chi connectivity index (χ3n) is 23.5. The zero-order valence-electron chi connectivity index (χ0n) is 70.5. The van der Waals surface area contributed by atoms with Crippen LogP contribution in [0.3, 0.4) is 0 Å². The van der Waals surface area contributed by atoms with E-state index in [0.29, 0.717) is 17.4 Å². The van der Waals surface area contributed by atoms with Crippen molar-refractivity contribution >= 4 is 131 Å². The molecule has 0 radical (unpaired) electrons. The van der Waals surface area contributed by atoms with Gasteiger partial charge in [-0.2, -0.15) is 0 Å². The number of aromatic nitrogens is 4. The molecule has 13 aromatic carbocycles. The minimum Gasteiger partial charge on any atom is -0.455 e. The monoisotopic (exact) mass is 1500 g/mol. The van der Waals surface area contributed by atoms with Gasteiger partial charge in [-0.05, 0) is 187 Å². The van der Waals surface area contributed by atoms with E-state index >= 15 is 0 Å². The Morgan fingerprint density at radius 2 is 0.696 bits per heavy atom. The largest absolute Gasteiger partial charge is 0.455 e. The number of nitrogens with zero attached hydrogens (tertiary/aromatic N) is 4. The van der Waals surface area contributed by atoms with Crippen molar-refractivity contribution in [1.82, 2.24) is 0 Å². The second-order valence-electron chi connectivity index (χ2n) is 32.0. The minimum absolute atomic E-state index is 0.342. The van der Waals surface area contributed by atoms with Gasteiger partial charge in [0.25, 0.3) is 0 Å². The molecule has 8 heteroatoms. The van der Waals surface area contributed by atoms with Crippen molar-refractivity contribution < 1.29 is 40.0 Å². The highest BCUT2D eigenvalue weighted by Crippen LogP contribution is 2.44. The van der Waals surface area contributed by atoms with Gasteiger partial charge in [-0.25, -0.2) is 18.3 Å². The fourth-order valence-corrected chi connectivity index (χ4v) is 17.3. The molecule has 0 saturated heterocycles. The molecule has 0 spiro atoms. The molecule has 0 atom stereocenters. The summed E-state index contributed by atoms with van der Waals surface area (Å²) in [5.41, 5.74) is 27.5. The van der Waals surface area contributed by atoms with Gasteiger partial charge in [-0.1, -0.05) is 179 Å². The van der Waals surface area contributed by atoms with Crippen LogP contribution in [0.15, 0.2) is 309 Å². The Labute approximate surface area is 674 Å². The van der Waals surface area contributed by atoms with Gasteiger partial charge in [0.2, 0.25) is 22.8 Å². The molecule has 0 aliphatic rings. The highest BCUT2D eigenvalue weighted by Gasteiger charge is 2.26. The maximum Gasteiger partial charge on any atom is 0.213 e. The molecule has 0 bridgehead atoms. The van der Waals surface area contributed by atoms with Crippen LogP contribution < -0.4 is 18.3 Å². The van der Waals surface area contributed by atoms with Crippen LogP contribution in [-0.2, 0) is 34.6 Å². The van der Waals surface area contributed by atoms with Crippen molar-refractivity contribution in [2.24, 2.45) is 34.1 Å². The molecule has 115 heavy (non-hydrogen) atoms. The Morgan fingerprint density at radius 3 is 1.16 bits per heavy atom. The van der Waals surface area contributed by atoms with Gasteiger partial charge in [-0.3, -0.25) is 0 Å². The molecule has 0 fully saturated rings. The van der Waals surface area contributed by atoms with Crippen molar-refractivity contribution in [3.8, 4) is 56.2 Å². The predicted octanol–water partition coefficient (Wildman–Crippen LogP) is 26.8. The second-order valence-corrected chi connectivity index (χ2v) is 32.0. The average molecular weight is 1500 g/mol. The Balaban J connectivity index is 0.000000109. The first-order valence-electron chi connectivity index (χ1n) is 41.4. The van der Waals surface area contributed by atoms with Crippen molar-refractivity contribution in [1.29, 1.82) is 0 Å². The molecule has 0 amide bonds. The Hall–Kier alpha value is -13.3. The van der Waals surface area contributed by atoms with Crippen molar-refractivity contribution in [3.05, 3.63) is 336 Å². The van der Waals surface area contributed by atoms with Crippen molar-refractivity contribution in [2.45, 2.75) is 81.5 Å². The normalized spacial score (nSPS) is 12.3. The summed E-state index contributed by atoms with van der Waals surface area (Å²) in [6.07, 6.45) is 9.27. The number of rotatable bonds is 8. The number of hydrogen-bond acceptors (Lipinski definition) is 4. The van der Waals surface area contributed by atoms with Gasteiger partial charge in [-0.15, -0.1) is 0 Å². The van der Waals surface area contributed by atoms with E-state index in [9.17, 15) is 0 Å². The molecule has 8 aromatic heterocycles. The Bertz CT molecular complexity index is 7580. The average Bonchev–Trinajstić information content (AvgIpc) is 1.59. The van der Waals surface area contributed by atoms with E-state index in [4.69, 9.17) is 21.8 Å². The third-order valence-corrected chi connectivity index (χ3v) is 23.5. The van der Waals surface area contributed by atoms with Crippen LogP contribution >= 0.6 is 0 Å². The molecule has 8 heterocycles. The zero-order chi connectivity index (χ0) is 81.7. The third kappa shape index (κ3) is 13.2. The van der Waals surface area contributed by atoms with Crippen molar-refractivity contribution in [2.75, 3.05) is 0 Å². The molecule has 8 nitrogen and oxygen atoms in total. The summed E-state index contributed by atoms with van der Waals surface area (Å²) in [5, 5.41) is 18.6. The van der Waals surface area contributed by atoms with Crippen LogP contribution in [0, 0.1) is 47.4 Å². The lowest BCUT2D eigenvalue weighted by Crippen LogP contribution is -2.31. The fraction of sp³-hybridized carbons (Fsp3) is 0.159. The first-order valence-corrected chi connectivity index (χ1v) is 39.9. The van der Waals surface area contributed by atoms with E-state index in [1.165, 1.54) is 132 Å². The lowest BCUT2D eigenvalue weighted by atomic mass is 9.96. The summed E-state index contributed by atoms with van der Waals surface area (Å²) < 4.78 is 58.6. The minimum atomic E-state index is -2.22. The number of benzene rings is 13. The quantitative estimate of drug-likeness (QED) is 0.142. The van der Waals surface area contributed by atoms with Gasteiger partial charge in [0, 0.05) is 139 Å². The Kier molecular flexibility index (Phi) is 18.0. The van der Waals surface area contributed by atoms with Crippen LogP contribution in [-0.4, -0.2) is 0 Å². The van der Waals surface area contributed by atoms with Gasteiger partial charge >= 0.3 is 0 Å². The predicted molar refractivity (Wildman–Crippen MR) is 478 cm³/mol. The number of fused-ring (bicyclic) bond motifs is 20. The lowest BCUT2D eigenvalue weighted by molar-refractivity contribution is -0.660. The van der Waals surface area contributed by atoms with Crippen LogP contribution in [0.4, 0.5) is 0 Å². The first-order chi connectivity index (χ1) is 57.0. The summed E-state index contributed by atoms with van der Waals surface area (Å²) in [5.74, 6) is 1.14. The van der Waals surface area contributed by atoms with E-state index < -0.39 is 6.85 Å². The molecule has 21 rings (SSSR count). The zero-order valence-corrected chi connectivity index (χ0v) is 67.5. The smallest absolute Gasteiger partial charge is 0.213 e. The molecular formula is C107H94N4O4+4. The molecule has 21 aromatic rings. The number of aryl methyl sites for hydroxylation is 10. The van der Waals surface area contributed by atoms with Gasteiger partial charge in [0.1, 0.15) is 72.9 Å². The van der Waals surface area contributed by atoms with Crippen LogP contribution in [0.5, 0.6) is 0 Å². The maximum atomic E-state index is 8.13. The standard InChI is InChI=1S/C30H24NO.C27H26NO.C26H24NO.C24H20NO/c1-19-15-29-27(24-14-13-22-11-7-8-12-23(22)30(24)32-29)16-26(19)28-17-25(20(2)18-31(28)3)21-9-5-4-6-10-21;1-17(2)15-19-13-14-28(4)25(16-19)21-11-12-23-24-10-9-20-7-5-6-8-22(20)27(24)29-26(23)18(21)3;1-16(2)19-13-14-27(4)24(15-19)20-11-12-22-23-10-9-18-7-5-6-8-21(18)26(23)28-25(22)17(20)3;1-15-12-13-25(3)22(14-15)18-10-11-20-21-9-8-17-6-4-5-7-19(17)24(21)26-23(20)16(18)2/h4-18H,1-3H3;5-14,16-17H,15H2,1-4H3;5-16H,1-4H3;4-14H,1-3H3/q4*+1/i2D3;;;. The summed E-state index contributed by atoms with van der Waals surface area (Å²) in [6, 6.07) is 93.6. The molecular weight excluding hydrogens is 1410 g/mol. The van der Waals surface area contributed by atoms with Crippen LogP contribution in [0.2, 0.25) is 0 Å². The van der Waals surface area contributed by atoms with Crippen molar-refractivity contribution in [3.63, 3.8) is 0 Å². The summed E-state index contributed by atoms with van der Waals surface area (Å²) in [6.45, 7) is 17.5. The fourth-order valence-electron chi connectivity index (χ4n) is 17.3. The van der Waals surface area contributed by atoms with Gasteiger partial charge < -0.3 is 17.7 Å². The molecule has 562 valence electrons. The number of furan rings is 4. The Morgan fingerprint density at radius 1 is 0.304 bits per heavy atom. The van der Waals surface area contributed by atoms with E-state index in [0.717, 1.165) is 101 Å². The van der Waals surface area contributed by atoms with Gasteiger partial charge in [0.05, 0.1) is 16.7 Å². The molecule has 0 aliphatic carbocycles. The molecule has 0 aliphatic heterocycles. The summed E-state index contributed by atoms with van der Waals surface area (Å²) in [4.78, 5) is 0.